The third-order valence-corrected chi connectivity index (χ3v) is 3.10. The average Bonchev–Trinajstić information content (AvgIpc) is 2.42. The van der Waals surface area contributed by atoms with Gasteiger partial charge in [0.05, 0.1) is 4.70 Å². The van der Waals surface area contributed by atoms with E-state index in [1.54, 1.807) is 0 Å². The van der Waals surface area contributed by atoms with Gasteiger partial charge in [-0.3, -0.25) is 0 Å². The predicted octanol–water partition coefficient (Wildman–Crippen LogP) is 2.87. The van der Waals surface area contributed by atoms with Gasteiger partial charge in [0.2, 0.25) is 0 Å². The summed E-state index contributed by atoms with van der Waals surface area (Å²) in [6, 6.07) is 1.35. The minimum absolute atomic E-state index is 0.00397. The van der Waals surface area contributed by atoms with Crippen LogP contribution in [0, 0.1) is 0 Å². The number of fused-ring (bicyclic) bond motifs is 1. The molecule has 0 saturated heterocycles. The smallest absolute Gasteiger partial charge is 0.396 e. The second-order valence-electron chi connectivity index (χ2n) is 2.31. The Labute approximate surface area is 86.1 Å². The molecule has 13 heavy (non-hydrogen) atoms. The number of rotatable bonds is 0. The molecule has 0 amide bonds. The van der Waals surface area contributed by atoms with Gasteiger partial charge in [-0.05, 0) is 0 Å². The Kier molecular flexibility index (Phi) is 1.98. The molecular weight excluding hydrogens is 235 g/mol. The third-order valence-electron chi connectivity index (χ3n) is 1.49. The summed E-state index contributed by atoms with van der Waals surface area (Å²) in [7, 11) is 0. The Morgan fingerprint density at radius 2 is 2.08 bits per heavy atom. The number of aromatic hydroxyl groups is 1. The number of hydrogen-bond acceptors (Lipinski definition) is 4. The summed E-state index contributed by atoms with van der Waals surface area (Å²) in [6.07, 6.45) is 0. The Hall–Kier alpha value is -0.710. The van der Waals surface area contributed by atoms with Crippen LogP contribution in [-0.2, 0) is 0 Å². The van der Waals surface area contributed by atoms with Crippen LogP contribution >= 0.6 is 34.5 Å². The highest BCUT2D eigenvalue weighted by Gasteiger charge is 2.13. The molecule has 68 valence electrons. The summed E-state index contributed by atoms with van der Waals surface area (Å²) >= 11 is 12.2. The Bertz CT molecular complexity index is 528. The van der Waals surface area contributed by atoms with E-state index in [-0.39, 0.29) is 21.4 Å². The molecule has 1 aromatic carbocycles. The zero-order chi connectivity index (χ0) is 9.59. The molecule has 1 aromatic heterocycles. The molecule has 0 atom stereocenters. The SMILES string of the molecule is O=c1oc2c(Cl)c(Cl)c(O)cc2s1. The van der Waals surface area contributed by atoms with Gasteiger partial charge in [-0.15, -0.1) is 0 Å². The van der Waals surface area contributed by atoms with Gasteiger partial charge in [0.1, 0.15) is 15.8 Å². The van der Waals surface area contributed by atoms with E-state index in [0.717, 1.165) is 11.3 Å². The van der Waals surface area contributed by atoms with Gasteiger partial charge in [-0.2, -0.15) is 0 Å². The van der Waals surface area contributed by atoms with E-state index >= 15 is 0 Å². The van der Waals surface area contributed by atoms with Crippen LogP contribution < -0.4 is 4.94 Å². The predicted molar refractivity (Wildman–Crippen MR) is 52.0 cm³/mol. The maximum Gasteiger partial charge on any atom is 0.396 e. The molecule has 0 radical (unpaired) electrons. The third kappa shape index (κ3) is 1.31. The van der Waals surface area contributed by atoms with Crippen molar-refractivity contribution in [3.63, 3.8) is 0 Å². The molecule has 0 spiro atoms. The van der Waals surface area contributed by atoms with Gasteiger partial charge in [0.15, 0.2) is 5.58 Å². The van der Waals surface area contributed by atoms with Gasteiger partial charge in [0.25, 0.3) is 0 Å². The van der Waals surface area contributed by atoms with E-state index in [1.165, 1.54) is 6.07 Å². The number of benzene rings is 1. The van der Waals surface area contributed by atoms with Crippen LogP contribution in [0.15, 0.2) is 15.3 Å². The van der Waals surface area contributed by atoms with E-state index in [9.17, 15) is 9.90 Å². The summed E-state index contributed by atoms with van der Waals surface area (Å²) in [5, 5.41) is 9.31. The van der Waals surface area contributed by atoms with Crippen LogP contribution in [0.5, 0.6) is 5.75 Å². The highest BCUT2D eigenvalue weighted by molar-refractivity contribution is 7.16. The zero-order valence-electron chi connectivity index (χ0n) is 6.01. The molecule has 1 heterocycles. The average molecular weight is 237 g/mol. The van der Waals surface area contributed by atoms with Crippen molar-refractivity contribution < 1.29 is 9.52 Å². The minimum atomic E-state index is -0.474. The van der Waals surface area contributed by atoms with Crippen molar-refractivity contribution in [2.45, 2.75) is 0 Å². The van der Waals surface area contributed by atoms with Crippen LogP contribution in [0.2, 0.25) is 10.0 Å². The molecule has 0 fully saturated rings. The topological polar surface area (TPSA) is 50.4 Å². The summed E-state index contributed by atoms with van der Waals surface area (Å²) in [4.78, 5) is 10.4. The number of phenolic OH excluding ortho intramolecular Hbond substituents is 1. The highest BCUT2D eigenvalue weighted by atomic mass is 35.5. The van der Waals surface area contributed by atoms with Crippen molar-refractivity contribution in [2.24, 2.45) is 0 Å². The maximum atomic E-state index is 10.8. The van der Waals surface area contributed by atoms with Crippen molar-refractivity contribution in [2.75, 3.05) is 0 Å². The lowest BCUT2D eigenvalue weighted by Gasteiger charge is -1.97. The number of hydrogen-bond donors (Lipinski definition) is 1. The lowest BCUT2D eigenvalue weighted by Crippen LogP contribution is -1.79. The van der Waals surface area contributed by atoms with Crippen molar-refractivity contribution >= 4 is 44.8 Å². The molecule has 0 bridgehead atoms. The second-order valence-corrected chi connectivity index (χ2v) is 4.04. The van der Waals surface area contributed by atoms with Gasteiger partial charge < -0.3 is 9.52 Å². The largest absolute Gasteiger partial charge is 0.506 e. The molecule has 0 saturated carbocycles. The van der Waals surface area contributed by atoms with Crippen molar-refractivity contribution in [3.05, 3.63) is 25.8 Å². The number of halogens is 2. The monoisotopic (exact) mass is 236 g/mol. The van der Waals surface area contributed by atoms with Crippen molar-refractivity contribution in [1.82, 2.24) is 0 Å². The van der Waals surface area contributed by atoms with E-state index in [1.807, 2.05) is 0 Å². The molecular formula is C7H2Cl2O3S. The fourth-order valence-corrected chi connectivity index (χ4v) is 2.08. The van der Waals surface area contributed by atoms with E-state index < -0.39 is 4.94 Å². The molecule has 0 unspecified atom stereocenters. The molecule has 3 nitrogen and oxygen atoms in total. The summed E-state index contributed by atoms with van der Waals surface area (Å²) in [5.74, 6) is -0.156. The van der Waals surface area contributed by atoms with Crippen LogP contribution in [0.1, 0.15) is 0 Å². The Balaban J connectivity index is 3.00. The van der Waals surface area contributed by atoms with Crippen LogP contribution in [-0.4, -0.2) is 5.11 Å². The zero-order valence-corrected chi connectivity index (χ0v) is 8.33. The second kappa shape index (κ2) is 2.90. The lowest BCUT2D eigenvalue weighted by atomic mass is 10.3. The normalized spacial score (nSPS) is 10.9. The van der Waals surface area contributed by atoms with Crippen molar-refractivity contribution in [1.29, 1.82) is 0 Å². The van der Waals surface area contributed by atoms with Gasteiger partial charge >= 0.3 is 4.94 Å². The highest BCUT2D eigenvalue weighted by Crippen LogP contribution is 2.38. The van der Waals surface area contributed by atoms with Gasteiger partial charge in [-0.25, -0.2) is 4.79 Å². The van der Waals surface area contributed by atoms with Gasteiger partial charge in [0, 0.05) is 6.07 Å². The van der Waals surface area contributed by atoms with E-state index in [0.29, 0.717) is 4.70 Å². The van der Waals surface area contributed by atoms with Crippen molar-refractivity contribution in [3.8, 4) is 5.75 Å². The number of phenols is 1. The van der Waals surface area contributed by atoms with E-state index in [4.69, 9.17) is 27.6 Å². The molecule has 2 rings (SSSR count). The Morgan fingerprint density at radius 1 is 1.38 bits per heavy atom. The maximum absolute atomic E-state index is 10.8. The molecule has 0 aliphatic heterocycles. The molecule has 0 aliphatic rings. The quantitative estimate of drug-likeness (QED) is 0.766. The summed E-state index contributed by atoms with van der Waals surface area (Å²) in [6.45, 7) is 0. The first-order valence-electron chi connectivity index (χ1n) is 3.20. The molecule has 1 N–H and O–H groups in total. The summed E-state index contributed by atoms with van der Waals surface area (Å²) in [5.41, 5.74) is 0.222. The fourth-order valence-electron chi connectivity index (χ4n) is 0.938. The summed E-state index contributed by atoms with van der Waals surface area (Å²) < 4.78 is 5.25. The van der Waals surface area contributed by atoms with Crippen LogP contribution in [0.4, 0.5) is 0 Å². The molecule has 6 heteroatoms. The molecule has 0 aliphatic carbocycles. The van der Waals surface area contributed by atoms with Gasteiger partial charge in [-0.1, -0.05) is 34.5 Å². The first-order chi connectivity index (χ1) is 6.09. The Morgan fingerprint density at radius 3 is 2.77 bits per heavy atom. The first-order valence-corrected chi connectivity index (χ1v) is 4.77. The first kappa shape index (κ1) is 8.87. The standard InChI is InChI=1S/C7H2Cl2O3S/c8-4-2(10)1-3-6(5(4)9)12-7(11)13-3/h1,10H. The van der Waals surface area contributed by atoms with Crippen LogP contribution in [0.25, 0.3) is 10.3 Å². The molecule has 2 aromatic rings. The minimum Gasteiger partial charge on any atom is -0.506 e. The van der Waals surface area contributed by atoms with Crippen LogP contribution in [0.3, 0.4) is 0 Å². The van der Waals surface area contributed by atoms with E-state index in [2.05, 4.69) is 0 Å². The fraction of sp³-hybridized carbons (Fsp3) is 0. The lowest BCUT2D eigenvalue weighted by molar-refractivity contribution is 0.476.